The van der Waals surface area contributed by atoms with Crippen LogP contribution in [0.2, 0.25) is 0 Å². The number of benzene rings is 1. The standard InChI is InChI=1S/C13H14N2O2S/c1-9-8-14-13(18)15(9)10-3-4-11-12(7-10)17-6-2-5-16-11/h3-4,7-8H,2,5-6H2,1H3,(H,14,18). The smallest absolute Gasteiger partial charge is 0.182 e. The highest BCUT2D eigenvalue weighted by atomic mass is 32.1. The second-order valence-corrected chi connectivity index (χ2v) is 4.64. The van der Waals surface area contributed by atoms with Gasteiger partial charge >= 0.3 is 0 Å². The quantitative estimate of drug-likeness (QED) is 0.803. The maximum Gasteiger partial charge on any atom is 0.182 e. The molecule has 94 valence electrons. The van der Waals surface area contributed by atoms with E-state index in [0.717, 1.165) is 29.3 Å². The largest absolute Gasteiger partial charge is 0.490 e. The van der Waals surface area contributed by atoms with Crippen molar-refractivity contribution in [3.8, 4) is 17.2 Å². The van der Waals surface area contributed by atoms with Crippen LogP contribution in [-0.2, 0) is 0 Å². The second kappa shape index (κ2) is 4.49. The molecule has 2 aromatic rings. The van der Waals surface area contributed by atoms with E-state index in [-0.39, 0.29) is 0 Å². The zero-order valence-corrected chi connectivity index (χ0v) is 10.9. The van der Waals surface area contributed by atoms with Crippen LogP contribution in [0.5, 0.6) is 11.5 Å². The van der Waals surface area contributed by atoms with Gasteiger partial charge < -0.3 is 14.5 Å². The van der Waals surface area contributed by atoms with Crippen molar-refractivity contribution < 1.29 is 9.47 Å². The van der Waals surface area contributed by atoms with Crippen molar-refractivity contribution in [3.63, 3.8) is 0 Å². The van der Waals surface area contributed by atoms with Gasteiger partial charge in [0.2, 0.25) is 0 Å². The normalized spacial score (nSPS) is 14.3. The maximum absolute atomic E-state index is 5.68. The minimum Gasteiger partial charge on any atom is -0.490 e. The molecule has 18 heavy (non-hydrogen) atoms. The third-order valence-corrected chi connectivity index (χ3v) is 3.25. The third-order valence-electron chi connectivity index (χ3n) is 2.95. The van der Waals surface area contributed by atoms with Crippen molar-refractivity contribution in [3.05, 3.63) is 34.9 Å². The van der Waals surface area contributed by atoms with Gasteiger partial charge in [0.25, 0.3) is 0 Å². The van der Waals surface area contributed by atoms with Crippen molar-refractivity contribution in [2.45, 2.75) is 13.3 Å². The molecule has 0 spiro atoms. The van der Waals surface area contributed by atoms with E-state index in [2.05, 4.69) is 4.98 Å². The van der Waals surface area contributed by atoms with E-state index in [0.29, 0.717) is 18.0 Å². The predicted octanol–water partition coefficient (Wildman–Crippen LogP) is 3.00. The average Bonchev–Trinajstić information content (AvgIpc) is 2.59. The molecule has 0 unspecified atom stereocenters. The van der Waals surface area contributed by atoms with Gasteiger partial charge in [0.1, 0.15) is 0 Å². The zero-order valence-electron chi connectivity index (χ0n) is 10.1. The van der Waals surface area contributed by atoms with Gasteiger partial charge in [0.15, 0.2) is 16.3 Å². The average molecular weight is 262 g/mol. The Bertz CT molecular complexity index is 630. The number of nitrogens with one attached hydrogen (secondary N) is 1. The molecule has 0 saturated carbocycles. The third kappa shape index (κ3) is 1.90. The fraction of sp³-hybridized carbons (Fsp3) is 0.308. The van der Waals surface area contributed by atoms with E-state index in [1.54, 1.807) is 0 Å². The summed E-state index contributed by atoms with van der Waals surface area (Å²) in [7, 11) is 0. The monoisotopic (exact) mass is 262 g/mol. The van der Waals surface area contributed by atoms with Gasteiger partial charge in [-0.3, -0.25) is 4.57 Å². The number of aromatic nitrogens is 2. The highest BCUT2D eigenvalue weighted by molar-refractivity contribution is 7.71. The number of hydrogen-bond donors (Lipinski definition) is 1. The van der Waals surface area contributed by atoms with Crippen molar-refractivity contribution in [1.82, 2.24) is 9.55 Å². The molecule has 0 bridgehead atoms. The summed E-state index contributed by atoms with van der Waals surface area (Å²) in [6.45, 7) is 3.40. The lowest BCUT2D eigenvalue weighted by molar-refractivity contribution is 0.297. The molecule has 2 heterocycles. The van der Waals surface area contributed by atoms with Gasteiger partial charge in [-0.1, -0.05) is 0 Å². The molecule has 0 saturated heterocycles. The highest BCUT2D eigenvalue weighted by Crippen LogP contribution is 2.32. The molecule has 5 heteroatoms. The Morgan fingerprint density at radius 2 is 2.00 bits per heavy atom. The minimum absolute atomic E-state index is 0.682. The first-order valence-electron chi connectivity index (χ1n) is 5.93. The van der Waals surface area contributed by atoms with E-state index in [1.807, 2.05) is 35.9 Å². The molecule has 1 N–H and O–H groups in total. The van der Waals surface area contributed by atoms with Gasteiger partial charge in [-0.2, -0.15) is 0 Å². The predicted molar refractivity (Wildman–Crippen MR) is 71.3 cm³/mol. The Balaban J connectivity index is 2.10. The summed E-state index contributed by atoms with van der Waals surface area (Å²) in [6.07, 6.45) is 2.80. The summed E-state index contributed by atoms with van der Waals surface area (Å²) in [5, 5.41) is 0. The topological polar surface area (TPSA) is 39.2 Å². The molecule has 0 aliphatic carbocycles. The Labute approximate surface area is 110 Å². The summed E-state index contributed by atoms with van der Waals surface area (Å²) >= 11 is 5.27. The minimum atomic E-state index is 0.682. The molecule has 1 aromatic carbocycles. The van der Waals surface area contributed by atoms with Crippen LogP contribution in [0.3, 0.4) is 0 Å². The lowest BCUT2D eigenvalue weighted by atomic mass is 10.2. The fourth-order valence-electron chi connectivity index (χ4n) is 2.07. The maximum atomic E-state index is 5.68. The van der Waals surface area contributed by atoms with Gasteiger partial charge in [-0.15, -0.1) is 0 Å². The summed E-state index contributed by atoms with van der Waals surface area (Å²) in [6, 6.07) is 5.89. The van der Waals surface area contributed by atoms with Crippen LogP contribution in [0.25, 0.3) is 5.69 Å². The van der Waals surface area contributed by atoms with Crippen LogP contribution in [0, 0.1) is 11.7 Å². The molecule has 0 fully saturated rings. The molecule has 1 aliphatic rings. The number of ether oxygens (including phenoxy) is 2. The number of imidazole rings is 1. The van der Waals surface area contributed by atoms with E-state index < -0.39 is 0 Å². The molecule has 0 radical (unpaired) electrons. The lowest BCUT2D eigenvalue weighted by Crippen LogP contribution is -1.98. The summed E-state index contributed by atoms with van der Waals surface area (Å²) in [5.74, 6) is 1.59. The fourth-order valence-corrected chi connectivity index (χ4v) is 2.38. The van der Waals surface area contributed by atoms with Crippen LogP contribution in [-0.4, -0.2) is 22.8 Å². The number of aryl methyl sites for hydroxylation is 1. The van der Waals surface area contributed by atoms with Crippen LogP contribution >= 0.6 is 12.2 Å². The molecular formula is C13H14N2O2S. The SMILES string of the molecule is Cc1c[nH]c(=S)n1-c1ccc2c(c1)OCCCO2. The molecule has 4 nitrogen and oxygen atoms in total. The molecule has 1 aromatic heterocycles. The Kier molecular flexibility index (Phi) is 2.83. The lowest BCUT2D eigenvalue weighted by Gasteiger charge is -2.11. The van der Waals surface area contributed by atoms with E-state index in [1.165, 1.54) is 0 Å². The zero-order chi connectivity index (χ0) is 12.5. The van der Waals surface area contributed by atoms with Crippen LogP contribution in [0.4, 0.5) is 0 Å². The summed E-state index contributed by atoms with van der Waals surface area (Å²) < 4.78 is 14.0. The van der Waals surface area contributed by atoms with Crippen molar-refractivity contribution in [2.75, 3.05) is 13.2 Å². The van der Waals surface area contributed by atoms with Crippen molar-refractivity contribution >= 4 is 12.2 Å². The Morgan fingerprint density at radius 1 is 1.22 bits per heavy atom. The molecule has 0 amide bonds. The molecule has 0 atom stereocenters. The molecular weight excluding hydrogens is 248 g/mol. The van der Waals surface area contributed by atoms with Crippen LogP contribution < -0.4 is 9.47 Å². The molecule has 1 aliphatic heterocycles. The number of fused-ring (bicyclic) bond motifs is 1. The first-order chi connectivity index (χ1) is 8.75. The molecule has 3 rings (SSSR count). The van der Waals surface area contributed by atoms with Gasteiger partial charge in [0.05, 0.1) is 18.9 Å². The highest BCUT2D eigenvalue weighted by Gasteiger charge is 2.12. The number of nitrogens with zero attached hydrogens (tertiary/aromatic N) is 1. The van der Waals surface area contributed by atoms with Crippen molar-refractivity contribution in [1.29, 1.82) is 0 Å². The van der Waals surface area contributed by atoms with E-state index in [9.17, 15) is 0 Å². The summed E-state index contributed by atoms with van der Waals surface area (Å²) in [5.41, 5.74) is 2.05. The number of H-pyrrole nitrogens is 1. The Hall–Kier alpha value is -1.75. The first-order valence-corrected chi connectivity index (χ1v) is 6.33. The Morgan fingerprint density at radius 3 is 2.72 bits per heavy atom. The first kappa shape index (κ1) is 11.3. The van der Waals surface area contributed by atoms with Crippen LogP contribution in [0.15, 0.2) is 24.4 Å². The van der Waals surface area contributed by atoms with Gasteiger partial charge in [0, 0.05) is 24.4 Å². The number of aromatic amines is 1. The van der Waals surface area contributed by atoms with Gasteiger partial charge in [-0.05, 0) is 31.3 Å². The number of rotatable bonds is 1. The summed E-state index contributed by atoms with van der Waals surface area (Å²) in [4.78, 5) is 3.03. The van der Waals surface area contributed by atoms with Gasteiger partial charge in [-0.25, -0.2) is 0 Å². The van der Waals surface area contributed by atoms with E-state index in [4.69, 9.17) is 21.7 Å². The van der Waals surface area contributed by atoms with Crippen molar-refractivity contribution in [2.24, 2.45) is 0 Å². The van der Waals surface area contributed by atoms with Crippen LogP contribution in [0.1, 0.15) is 12.1 Å². The number of hydrogen-bond acceptors (Lipinski definition) is 3. The second-order valence-electron chi connectivity index (χ2n) is 4.25. The van der Waals surface area contributed by atoms with E-state index >= 15 is 0 Å².